The summed E-state index contributed by atoms with van der Waals surface area (Å²) in [4.78, 5) is 5.02. The van der Waals surface area contributed by atoms with Crippen LogP contribution < -0.4 is 5.73 Å². The Morgan fingerprint density at radius 1 is 0.547 bits per heavy atom. The molecular formula is C62H50N2. The van der Waals surface area contributed by atoms with Crippen molar-refractivity contribution in [1.82, 2.24) is 0 Å². The van der Waals surface area contributed by atoms with Crippen LogP contribution in [0.2, 0.25) is 0 Å². The van der Waals surface area contributed by atoms with Gasteiger partial charge in [-0.3, -0.25) is 0 Å². The Bertz CT molecular complexity index is 3390. The van der Waals surface area contributed by atoms with Crippen LogP contribution in [-0.4, -0.2) is 5.84 Å². The average Bonchev–Trinajstić information content (AvgIpc) is 3.57. The molecule has 1 aliphatic rings. The molecule has 10 rings (SSSR count). The molecule has 0 bridgehead atoms. The number of aliphatic imine (C=N–C) groups is 1. The van der Waals surface area contributed by atoms with Gasteiger partial charge in [0.1, 0.15) is 5.84 Å². The number of rotatable bonds is 10. The van der Waals surface area contributed by atoms with Gasteiger partial charge in [0, 0.05) is 11.0 Å². The van der Waals surface area contributed by atoms with Crippen LogP contribution in [0.15, 0.2) is 224 Å². The minimum Gasteiger partial charge on any atom is -0.383 e. The Morgan fingerprint density at radius 3 is 1.98 bits per heavy atom. The van der Waals surface area contributed by atoms with Gasteiger partial charge in [-0.25, -0.2) is 4.99 Å². The molecule has 64 heavy (non-hydrogen) atoms. The Labute approximate surface area is 376 Å². The van der Waals surface area contributed by atoms with E-state index in [1.54, 1.807) is 0 Å². The van der Waals surface area contributed by atoms with Gasteiger partial charge in [0.15, 0.2) is 0 Å². The first-order valence-corrected chi connectivity index (χ1v) is 22.2. The highest BCUT2D eigenvalue weighted by atomic mass is 14.9. The van der Waals surface area contributed by atoms with Gasteiger partial charge in [-0.15, -0.1) is 0 Å². The smallest absolute Gasteiger partial charge is 0.131 e. The van der Waals surface area contributed by atoms with Crippen molar-refractivity contribution in [3.05, 3.63) is 252 Å². The molecule has 0 heterocycles. The molecule has 0 radical (unpaired) electrons. The third kappa shape index (κ3) is 7.27. The fraction of sp³-hybridized carbons (Fsp3) is 0.0806. The van der Waals surface area contributed by atoms with Crippen molar-refractivity contribution in [3.8, 4) is 33.4 Å². The summed E-state index contributed by atoms with van der Waals surface area (Å²) >= 11 is 0. The number of nitrogens with two attached hydrogens (primary N) is 1. The lowest BCUT2D eigenvalue weighted by Gasteiger charge is -2.21. The van der Waals surface area contributed by atoms with Crippen molar-refractivity contribution in [3.63, 3.8) is 0 Å². The van der Waals surface area contributed by atoms with Gasteiger partial charge in [0.2, 0.25) is 0 Å². The normalized spacial score (nSPS) is 13.8. The molecule has 2 nitrogen and oxygen atoms in total. The van der Waals surface area contributed by atoms with E-state index in [0.29, 0.717) is 12.3 Å². The van der Waals surface area contributed by atoms with E-state index in [0.717, 1.165) is 28.0 Å². The van der Waals surface area contributed by atoms with E-state index in [1.165, 1.54) is 82.4 Å². The quantitative estimate of drug-likeness (QED) is 0.0634. The molecule has 2 N–H and O–H groups in total. The zero-order valence-corrected chi connectivity index (χ0v) is 36.6. The van der Waals surface area contributed by atoms with Crippen molar-refractivity contribution in [2.45, 2.75) is 32.6 Å². The lowest BCUT2D eigenvalue weighted by atomic mass is 9.82. The van der Waals surface area contributed by atoms with Crippen molar-refractivity contribution in [2.75, 3.05) is 0 Å². The number of hydrogen-bond donors (Lipinski definition) is 1. The third-order valence-electron chi connectivity index (χ3n) is 13.0. The highest BCUT2D eigenvalue weighted by molar-refractivity contribution is 6.29. The standard InChI is InChI=1S/C62H50N2/c1-5-16-42(17-6-2)43-29-31-44(32-30-43)59(64-61(63)45-19-8-7-9-20-45)37-28-41-18-14-21-46(38-41)47-33-35-54-55(39-47)51-23-11-10-22-50(51)53-26-15-25-49(60(53)54)48-34-36-58-56(40-48)52-24-12-13-27-57(52)62(58,3)4/h5-27,29-40H,1,28H2,2-4H3,(H2,63,64)/b17-6-,42-16+,59-37-. The molecule has 0 spiro atoms. The van der Waals surface area contributed by atoms with Crippen LogP contribution >= 0.6 is 0 Å². The number of allylic oxidation sites excluding steroid dienone is 6. The van der Waals surface area contributed by atoms with Crippen LogP contribution in [0.4, 0.5) is 0 Å². The summed E-state index contributed by atoms with van der Waals surface area (Å²) in [6, 6.07) is 66.1. The highest BCUT2D eigenvalue weighted by Crippen LogP contribution is 2.50. The highest BCUT2D eigenvalue weighted by Gasteiger charge is 2.35. The van der Waals surface area contributed by atoms with Gasteiger partial charge in [0.25, 0.3) is 0 Å². The van der Waals surface area contributed by atoms with Gasteiger partial charge in [0.05, 0.1) is 5.70 Å². The monoisotopic (exact) mass is 822 g/mol. The van der Waals surface area contributed by atoms with Gasteiger partial charge in [-0.1, -0.05) is 221 Å². The Morgan fingerprint density at radius 2 is 1.19 bits per heavy atom. The fourth-order valence-corrected chi connectivity index (χ4v) is 9.82. The summed E-state index contributed by atoms with van der Waals surface area (Å²) < 4.78 is 0. The molecule has 308 valence electrons. The SMILES string of the molecule is C=C/C=C(\C=C/C)c1ccc(/C(=C/Cc2cccc(-c3ccc4c(c3)c3ccccc3c3cccc(-c5ccc6c(c5)-c5ccccc5C6(C)C)c34)c2)N=C(N)c2ccccc2)cc1. The van der Waals surface area contributed by atoms with E-state index in [4.69, 9.17) is 10.7 Å². The summed E-state index contributed by atoms with van der Waals surface area (Å²) in [5.74, 6) is 0.482. The molecule has 0 saturated heterocycles. The van der Waals surface area contributed by atoms with E-state index in [-0.39, 0.29) is 5.41 Å². The van der Waals surface area contributed by atoms with E-state index in [9.17, 15) is 0 Å². The van der Waals surface area contributed by atoms with E-state index < -0.39 is 0 Å². The zero-order valence-electron chi connectivity index (χ0n) is 36.6. The lowest BCUT2D eigenvalue weighted by Crippen LogP contribution is -2.14. The maximum absolute atomic E-state index is 6.65. The number of nitrogens with zero attached hydrogens (tertiary/aromatic N) is 1. The van der Waals surface area contributed by atoms with E-state index >= 15 is 0 Å². The molecule has 0 atom stereocenters. The minimum absolute atomic E-state index is 0.0328. The zero-order chi connectivity index (χ0) is 43.8. The second-order valence-electron chi connectivity index (χ2n) is 17.3. The second kappa shape index (κ2) is 16.8. The lowest BCUT2D eigenvalue weighted by molar-refractivity contribution is 0.660. The number of benzene rings is 9. The van der Waals surface area contributed by atoms with Gasteiger partial charge in [-0.2, -0.15) is 0 Å². The van der Waals surface area contributed by atoms with Crippen LogP contribution in [0, 0.1) is 0 Å². The first kappa shape index (κ1) is 40.3. The van der Waals surface area contributed by atoms with E-state index in [1.807, 2.05) is 55.5 Å². The number of hydrogen-bond acceptors (Lipinski definition) is 1. The Kier molecular flexibility index (Phi) is 10.6. The fourth-order valence-electron chi connectivity index (χ4n) is 9.82. The van der Waals surface area contributed by atoms with Crippen LogP contribution in [0.1, 0.15) is 54.2 Å². The van der Waals surface area contributed by atoms with Crippen molar-refractivity contribution < 1.29 is 0 Å². The molecule has 0 aromatic heterocycles. The van der Waals surface area contributed by atoms with E-state index in [2.05, 4.69) is 184 Å². The molecule has 1 aliphatic carbocycles. The van der Waals surface area contributed by atoms with Crippen molar-refractivity contribution in [1.29, 1.82) is 0 Å². The molecule has 0 saturated carbocycles. The summed E-state index contributed by atoms with van der Waals surface area (Å²) in [5.41, 5.74) is 23.1. The third-order valence-corrected chi connectivity index (χ3v) is 13.0. The van der Waals surface area contributed by atoms with Crippen molar-refractivity contribution in [2.24, 2.45) is 10.7 Å². The largest absolute Gasteiger partial charge is 0.383 e. The first-order chi connectivity index (χ1) is 31.3. The molecule has 2 heteroatoms. The topological polar surface area (TPSA) is 38.4 Å². The molecular weight excluding hydrogens is 773 g/mol. The molecule has 0 unspecified atom stereocenters. The number of fused-ring (bicyclic) bond motifs is 9. The van der Waals surface area contributed by atoms with Gasteiger partial charge in [-0.05, 0) is 125 Å². The summed E-state index contributed by atoms with van der Waals surface area (Å²) in [7, 11) is 0. The van der Waals surface area contributed by atoms with Gasteiger partial charge >= 0.3 is 0 Å². The molecule has 9 aromatic carbocycles. The Balaban J connectivity index is 1.05. The maximum atomic E-state index is 6.65. The molecule has 9 aromatic rings. The number of amidine groups is 1. The van der Waals surface area contributed by atoms with Gasteiger partial charge < -0.3 is 5.73 Å². The van der Waals surface area contributed by atoms with Crippen LogP contribution in [0.3, 0.4) is 0 Å². The second-order valence-corrected chi connectivity index (χ2v) is 17.3. The van der Waals surface area contributed by atoms with Crippen LogP contribution in [0.5, 0.6) is 0 Å². The average molecular weight is 823 g/mol. The molecule has 0 fully saturated rings. The summed E-state index contributed by atoms with van der Waals surface area (Å²) in [5, 5.41) is 7.60. The van der Waals surface area contributed by atoms with Crippen LogP contribution in [0.25, 0.3) is 77.0 Å². The minimum atomic E-state index is -0.0328. The van der Waals surface area contributed by atoms with Crippen molar-refractivity contribution >= 4 is 49.4 Å². The first-order valence-electron chi connectivity index (χ1n) is 22.2. The van der Waals surface area contributed by atoms with Crippen LogP contribution in [-0.2, 0) is 11.8 Å². The molecule has 0 aliphatic heterocycles. The molecule has 0 amide bonds. The maximum Gasteiger partial charge on any atom is 0.131 e. The predicted octanol–water partition coefficient (Wildman–Crippen LogP) is 15.9. The summed E-state index contributed by atoms with van der Waals surface area (Å²) in [6.45, 7) is 10.6. The summed E-state index contributed by atoms with van der Waals surface area (Å²) in [6.07, 6.45) is 10.9. The predicted molar refractivity (Wildman–Crippen MR) is 276 cm³/mol. The Hall–Kier alpha value is -7.81.